The SMILES string of the molecule is COc1cc(Cl)c(CN2C[C@@H](NC(C)=O)[C@H](C3CC3)C2)c(OC)c1. The van der Waals surface area contributed by atoms with Gasteiger partial charge >= 0.3 is 0 Å². The van der Waals surface area contributed by atoms with E-state index in [-0.39, 0.29) is 11.9 Å². The molecule has 1 aromatic rings. The minimum Gasteiger partial charge on any atom is -0.497 e. The van der Waals surface area contributed by atoms with Crippen LogP contribution in [0.1, 0.15) is 25.3 Å². The number of ether oxygens (including phenoxy) is 2. The number of hydrogen-bond donors (Lipinski definition) is 1. The molecule has 1 saturated carbocycles. The van der Waals surface area contributed by atoms with E-state index in [4.69, 9.17) is 21.1 Å². The van der Waals surface area contributed by atoms with Crippen LogP contribution >= 0.6 is 11.6 Å². The highest BCUT2D eigenvalue weighted by molar-refractivity contribution is 6.31. The summed E-state index contributed by atoms with van der Waals surface area (Å²) in [6.07, 6.45) is 2.56. The van der Waals surface area contributed by atoms with Crippen molar-refractivity contribution in [3.63, 3.8) is 0 Å². The number of halogens is 1. The van der Waals surface area contributed by atoms with Crippen molar-refractivity contribution < 1.29 is 14.3 Å². The third-order valence-corrected chi connectivity index (χ3v) is 5.36. The van der Waals surface area contributed by atoms with Crippen LogP contribution in [0.2, 0.25) is 5.02 Å². The molecule has 0 spiro atoms. The molecule has 0 radical (unpaired) electrons. The molecule has 0 unspecified atom stereocenters. The molecular formula is C18H25ClN2O3. The Morgan fingerprint density at radius 2 is 2.04 bits per heavy atom. The third-order valence-electron chi connectivity index (χ3n) is 5.02. The lowest BCUT2D eigenvalue weighted by Gasteiger charge is -2.19. The van der Waals surface area contributed by atoms with E-state index >= 15 is 0 Å². The summed E-state index contributed by atoms with van der Waals surface area (Å²) in [5.74, 6) is 2.77. The fourth-order valence-corrected chi connectivity index (χ4v) is 3.98. The van der Waals surface area contributed by atoms with Gasteiger partial charge in [0.2, 0.25) is 5.91 Å². The van der Waals surface area contributed by atoms with E-state index < -0.39 is 0 Å². The second kappa shape index (κ2) is 7.19. The molecule has 1 saturated heterocycles. The van der Waals surface area contributed by atoms with Gasteiger partial charge in [-0.3, -0.25) is 9.69 Å². The monoisotopic (exact) mass is 352 g/mol. The molecule has 2 aliphatic rings. The van der Waals surface area contributed by atoms with E-state index in [2.05, 4.69) is 10.2 Å². The number of benzene rings is 1. The number of nitrogens with zero attached hydrogens (tertiary/aromatic N) is 1. The summed E-state index contributed by atoms with van der Waals surface area (Å²) in [5, 5.41) is 3.78. The largest absolute Gasteiger partial charge is 0.497 e. The molecule has 1 aliphatic heterocycles. The summed E-state index contributed by atoms with van der Waals surface area (Å²) in [6.45, 7) is 4.15. The van der Waals surface area contributed by atoms with Crippen LogP contribution in [0.15, 0.2) is 12.1 Å². The van der Waals surface area contributed by atoms with Gasteiger partial charge in [-0.2, -0.15) is 0 Å². The van der Waals surface area contributed by atoms with Crippen LogP contribution in [0, 0.1) is 11.8 Å². The molecule has 6 heteroatoms. The summed E-state index contributed by atoms with van der Waals surface area (Å²) in [6, 6.07) is 3.91. The number of likely N-dealkylation sites (tertiary alicyclic amines) is 1. The van der Waals surface area contributed by atoms with Gasteiger partial charge in [-0.25, -0.2) is 0 Å². The van der Waals surface area contributed by atoms with Gasteiger partial charge in [0.25, 0.3) is 0 Å². The highest BCUT2D eigenvalue weighted by Gasteiger charge is 2.42. The fraction of sp³-hybridized carbons (Fsp3) is 0.611. The van der Waals surface area contributed by atoms with E-state index in [1.54, 1.807) is 21.1 Å². The van der Waals surface area contributed by atoms with E-state index in [1.165, 1.54) is 12.8 Å². The average Bonchev–Trinajstić information content (AvgIpc) is 3.31. The summed E-state index contributed by atoms with van der Waals surface area (Å²) in [4.78, 5) is 13.9. The first kappa shape index (κ1) is 17.4. The van der Waals surface area contributed by atoms with Gasteiger partial charge in [0.1, 0.15) is 11.5 Å². The Hall–Kier alpha value is -1.46. The van der Waals surface area contributed by atoms with Gasteiger partial charge in [-0.1, -0.05) is 11.6 Å². The van der Waals surface area contributed by atoms with Crippen LogP contribution in [0.5, 0.6) is 11.5 Å². The minimum atomic E-state index is 0.0487. The maximum atomic E-state index is 11.5. The lowest BCUT2D eigenvalue weighted by Crippen LogP contribution is -2.39. The highest BCUT2D eigenvalue weighted by Crippen LogP contribution is 2.42. The van der Waals surface area contributed by atoms with Crippen molar-refractivity contribution in [2.75, 3.05) is 27.3 Å². The molecule has 5 nitrogen and oxygen atoms in total. The van der Waals surface area contributed by atoms with Gasteiger partial charge in [0.15, 0.2) is 0 Å². The van der Waals surface area contributed by atoms with Crippen molar-refractivity contribution in [2.24, 2.45) is 11.8 Å². The highest BCUT2D eigenvalue weighted by atomic mass is 35.5. The number of carbonyl (C=O) groups is 1. The van der Waals surface area contributed by atoms with Crippen LogP contribution in [-0.4, -0.2) is 44.2 Å². The number of hydrogen-bond acceptors (Lipinski definition) is 4. The zero-order chi connectivity index (χ0) is 17.3. The first-order valence-corrected chi connectivity index (χ1v) is 8.79. The first-order valence-electron chi connectivity index (χ1n) is 8.41. The van der Waals surface area contributed by atoms with E-state index in [0.717, 1.165) is 30.3 Å². The second-order valence-electron chi connectivity index (χ2n) is 6.79. The lowest BCUT2D eigenvalue weighted by atomic mass is 9.98. The van der Waals surface area contributed by atoms with E-state index in [0.29, 0.717) is 23.2 Å². The van der Waals surface area contributed by atoms with Crippen LogP contribution in [0.25, 0.3) is 0 Å². The standard InChI is InChI=1S/C18H25ClN2O3/c1-11(22)20-17-10-21(8-14(17)12-4-5-12)9-15-16(19)6-13(23-2)7-18(15)24-3/h6-7,12,14,17H,4-5,8-10H2,1-3H3,(H,20,22)/t14-,17+/m0/s1. The normalized spacial score (nSPS) is 24.0. The van der Waals surface area contributed by atoms with Crippen molar-refractivity contribution >= 4 is 17.5 Å². The Labute approximate surface area is 148 Å². The van der Waals surface area contributed by atoms with Gasteiger partial charge in [-0.05, 0) is 30.7 Å². The predicted molar refractivity (Wildman–Crippen MR) is 93.7 cm³/mol. The Balaban J connectivity index is 1.75. The number of rotatable bonds is 6. The molecule has 24 heavy (non-hydrogen) atoms. The van der Waals surface area contributed by atoms with Crippen molar-refractivity contribution in [2.45, 2.75) is 32.4 Å². The van der Waals surface area contributed by atoms with Gasteiger partial charge in [0.05, 0.1) is 19.2 Å². The molecule has 1 aromatic carbocycles. The maximum Gasteiger partial charge on any atom is 0.217 e. The zero-order valence-electron chi connectivity index (χ0n) is 14.5. The fourth-order valence-electron chi connectivity index (χ4n) is 3.72. The van der Waals surface area contributed by atoms with E-state index in [9.17, 15) is 4.79 Å². The van der Waals surface area contributed by atoms with Gasteiger partial charge in [-0.15, -0.1) is 0 Å². The smallest absolute Gasteiger partial charge is 0.217 e. The summed E-state index contributed by atoms with van der Waals surface area (Å²) >= 11 is 6.45. The quantitative estimate of drug-likeness (QED) is 0.855. The number of amides is 1. The summed E-state index contributed by atoms with van der Waals surface area (Å²) in [5.41, 5.74) is 0.970. The van der Waals surface area contributed by atoms with Crippen LogP contribution in [-0.2, 0) is 11.3 Å². The van der Waals surface area contributed by atoms with E-state index in [1.807, 2.05) is 12.1 Å². The second-order valence-corrected chi connectivity index (χ2v) is 7.20. The van der Waals surface area contributed by atoms with Crippen LogP contribution < -0.4 is 14.8 Å². The number of carbonyl (C=O) groups excluding carboxylic acids is 1. The Morgan fingerprint density at radius 3 is 2.62 bits per heavy atom. The maximum absolute atomic E-state index is 11.5. The van der Waals surface area contributed by atoms with Gasteiger partial charge < -0.3 is 14.8 Å². The summed E-state index contributed by atoms with van der Waals surface area (Å²) in [7, 11) is 3.26. The number of methoxy groups -OCH3 is 2. The van der Waals surface area contributed by atoms with Crippen molar-refractivity contribution in [3.05, 3.63) is 22.7 Å². The van der Waals surface area contributed by atoms with Crippen molar-refractivity contribution in [1.29, 1.82) is 0 Å². The Morgan fingerprint density at radius 1 is 1.29 bits per heavy atom. The lowest BCUT2D eigenvalue weighted by molar-refractivity contribution is -0.119. The van der Waals surface area contributed by atoms with Crippen LogP contribution in [0.3, 0.4) is 0 Å². The Bertz CT molecular complexity index is 619. The first-order chi connectivity index (χ1) is 11.5. The molecule has 0 bridgehead atoms. The molecule has 1 aliphatic carbocycles. The molecule has 1 N–H and O–H groups in total. The molecule has 0 aromatic heterocycles. The van der Waals surface area contributed by atoms with Crippen molar-refractivity contribution in [3.8, 4) is 11.5 Å². The third kappa shape index (κ3) is 3.78. The predicted octanol–water partition coefficient (Wildman–Crippen LogP) is 2.70. The topological polar surface area (TPSA) is 50.8 Å². The molecular weight excluding hydrogens is 328 g/mol. The van der Waals surface area contributed by atoms with Gasteiger partial charge in [0, 0.05) is 44.2 Å². The molecule has 2 atom stereocenters. The molecule has 2 fully saturated rings. The Kier molecular flexibility index (Phi) is 5.21. The average molecular weight is 353 g/mol. The summed E-state index contributed by atoms with van der Waals surface area (Å²) < 4.78 is 10.8. The molecule has 132 valence electrons. The molecule has 3 rings (SSSR count). The number of nitrogens with one attached hydrogen (secondary N) is 1. The van der Waals surface area contributed by atoms with Crippen molar-refractivity contribution in [1.82, 2.24) is 10.2 Å². The molecule has 1 heterocycles. The van der Waals surface area contributed by atoms with Crippen LogP contribution in [0.4, 0.5) is 0 Å². The zero-order valence-corrected chi connectivity index (χ0v) is 15.2. The minimum absolute atomic E-state index is 0.0487. The molecule has 1 amide bonds.